The Morgan fingerprint density at radius 2 is 1.96 bits per heavy atom. The first-order valence-corrected chi connectivity index (χ1v) is 9.56. The van der Waals surface area contributed by atoms with E-state index in [0.29, 0.717) is 15.7 Å². The molecule has 0 spiro atoms. The Morgan fingerprint density at radius 1 is 1.15 bits per heavy atom. The second kappa shape index (κ2) is 7.68. The van der Waals surface area contributed by atoms with E-state index in [1.807, 2.05) is 22.0 Å². The third-order valence-corrected chi connectivity index (χ3v) is 5.38. The second-order valence-electron chi connectivity index (χ2n) is 5.66. The van der Waals surface area contributed by atoms with E-state index in [1.165, 1.54) is 23.5 Å². The number of thiazole rings is 1. The molecule has 0 unspecified atom stereocenters. The fourth-order valence-electron chi connectivity index (χ4n) is 2.58. The van der Waals surface area contributed by atoms with E-state index >= 15 is 0 Å². The Bertz CT molecular complexity index is 1120. The monoisotopic (exact) mass is 419 g/mol. The van der Waals surface area contributed by atoms with Gasteiger partial charge < -0.3 is 4.84 Å². The lowest BCUT2D eigenvalue weighted by molar-refractivity contribution is 0.132. The average Bonchev–Trinajstić information content (AvgIpc) is 3.24. The van der Waals surface area contributed by atoms with Crippen LogP contribution >= 0.6 is 34.5 Å². The summed E-state index contributed by atoms with van der Waals surface area (Å²) >= 11 is 13.4. The molecule has 0 atom stereocenters. The molecule has 0 aliphatic rings. The Hall–Kier alpha value is -2.41. The molecule has 2 aromatic heterocycles. The van der Waals surface area contributed by atoms with Gasteiger partial charge >= 0.3 is 0 Å². The number of nitrogens with zero attached hydrogens (tertiary/aromatic N) is 3. The zero-order valence-corrected chi connectivity index (χ0v) is 16.1. The van der Waals surface area contributed by atoms with Crippen LogP contribution in [0.4, 0.5) is 4.39 Å². The molecule has 0 saturated carbocycles. The minimum absolute atomic E-state index is 0.255. The third-order valence-electron chi connectivity index (χ3n) is 3.88. The van der Waals surface area contributed by atoms with Crippen molar-refractivity contribution < 1.29 is 9.23 Å². The molecule has 0 aliphatic heterocycles. The highest BCUT2D eigenvalue weighted by atomic mass is 35.5. The predicted molar refractivity (Wildman–Crippen MR) is 107 cm³/mol. The summed E-state index contributed by atoms with van der Waals surface area (Å²) in [6.07, 6.45) is 3.50. The SMILES string of the molecule is Fc1ccc(-c2nc3sccn3c2C=NOCc2ccc(Cl)c(Cl)c2)cc1. The summed E-state index contributed by atoms with van der Waals surface area (Å²) in [5, 5.41) is 6.96. The van der Waals surface area contributed by atoms with Crippen molar-refractivity contribution in [2.45, 2.75) is 6.61 Å². The summed E-state index contributed by atoms with van der Waals surface area (Å²) in [6, 6.07) is 11.5. The second-order valence-corrected chi connectivity index (χ2v) is 7.35. The maximum Gasteiger partial charge on any atom is 0.194 e. The lowest BCUT2D eigenvalue weighted by atomic mass is 10.1. The van der Waals surface area contributed by atoms with Crippen LogP contribution in [0, 0.1) is 5.82 Å². The molecule has 27 heavy (non-hydrogen) atoms. The maximum atomic E-state index is 13.2. The third kappa shape index (κ3) is 3.83. The van der Waals surface area contributed by atoms with E-state index in [2.05, 4.69) is 10.1 Å². The van der Waals surface area contributed by atoms with Crippen LogP contribution < -0.4 is 0 Å². The van der Waals surface area contributed by atoms with E-state index in [1.54, 1.807) is 30.5 Å². The predicted octanol–water partition coefficient (Wildman–Crippen LogP) is 6.06. The Morgan fingerprint density at radius 3 is 2.74 bits per heavy atom. The van der Waals surface area contributed by atoms with Gasteiger partial charge in [0.05, 0.1) is 27.6 Å². The molecule has 0 saturated heterocycles. The van der Waals surface area contributed by atoms with Gasteiger partial charge in [0, 0.05) is 17.1 Å². The van der Waals surface area contributed by atoms with Gasteiger partial charge in [-0.25, -0.2) is 9.37 Å². The summed E-state index contributed by atoms with van der Waals surface area (Å²) in [6.45, 7) is 0.255. The zero-order valence-electron chi connectivity index (χ0n) is 13.8. The van der Waals surface area contributed by atoms with Gasteiger partial charge in [0.1, 0.15) is 12.4 Å². The fraction of sp³-hybridized carbons (Fsp3) is 0.0526. The molecule has 0 radical (unpaired) electrons. The van der Waals surface area contributed by atoms with Crippen molar-refractivity contribution in [1.82, 2.24) is 9.38 Å². The van der Waals surface area contributed by atoms with Crippen molar-refractivity contribution in [3.63, 3.8) is 0 Å². The molecule has 0 amide bonds. The first kappa shape index (κ1) is 18.0. The normalized spacial score (nSPS) is 11.5. The number of rotatable bonds is 5. The fourth-order valence-corrected chi connectivity index (χ4v) is 3.62. The van der Waals surface area contributed by atoms with Gasteiger partial charge in [0.25, 0.3) is 0 Å². The van der Waals surface area contributed by atoms with Gasteiger partial charge in [0.15, 0.2) is 4.96 Å². The number of benzene rings is 2. The quantitative estimate of drug-likeness (QED) is 0.291. The Kier molecular flexibility index (Phi) is 5.11. The van der Waals surface area contributed by atoms with Crippen molar-refractivity contribution in [1.29, 1.82) is 0 Å². The van der Waals surface area contributed by atoms with Crippen LogP contribution in [0.2, 0.25) is 10.0 Å². The van der Waals surface area contributed by atoms with Gasteiger partial charge in [-0.2, -0.15) is 0 Å². The highest BCUT2D eigenvalue weighted by Crippen LogP contribution is 2.26. The highest BCUT2D eigenvalue weighted by Gasteiger charge is 2.13. The summed E-state index contributed by atoms with van der Waals surface area (Å²) < 4.78 is 15.1. The Labute approximate surface area is 168 Å². The van der Waals surface area contributed by atoms with Crippen LogP contribution in [-0.4, -0.2) is 15.6 Å². The Balaban J connectivity index is 1.58. The van der Waals surface area contributed by atoms with E-state index in [0.717, 1.165) is 21.8 Å². The van der Waals surface area contributed by atoms with Crippen molar-refractivity contribution in [2.75, 3.05) is 0 Å². The molecule has 8 heteroatoms. The van der Waals surface area contributed by atoms with Crippen LogP contribution in [0.3, 0.4) is 0 Å². The molecular weight excluding hydrogens is 408 g/mol. The molecule has 0 N–H and O–H groups in total. The van der Waals surface area contributed by atoms with Gasteiger partial charge in [-0.1, -0.05) is 34.4 Å². The minimum Gasteiger partial charge on any atom is -0.391 e. The summed E-state index contributed by atoms with van der Waals surface area (Å²) in [5.41, 5.74) is 3.13. The van der Waals surface area contributed by atoms with Gasteiger partial charge in [-0.15, -0.1) is 11.3 Å². The molecule has 4 aromatic rings. The number of fused-ring (bicyclic) bond motifs is 1. The zero-order chi connectivity index (χ0) is 18.8. The maximum absolute atomic E-state index is 13.2. The molecule has 0 bridgehead atoms. The topological polar surface area (TPSA) is 38.9 Å². The molecule has 2 heterocycles. The first-order valence-electron chi connectivity index (χ1n) is 7.92. The molecule has 0 aliphatic carbocycles. The van der Waals surface area contributed by atoms with Gasteiger partial charge in [-0.3, -0.25) is 4.40 Å². The lowest BCUT2D eigenvalue weighted by Gasteiger charge is -2.02. The molecule has 4 nitrogen and oxygen atoms in total. The van der Waals surface area contributed by atoms with Crippen molar-refractivity contribution in [2.24, 2.45) is 5.16 Å². The van der Waals surface area contributed by atoms with E-state index < -0.39 is 0 Å². The van der Waals surface area contributed by atoms with E-state index in [-0.39, 0.29) is 12.4 Å². The standard InChI is InChI=1S/C19H12Cl2FN3OS/c20-15-6-1-12(9-16(15)21)11-26-23-10-17-18(13-2-4-14(22)5-3-13)24-19-25(17)7-8-27-19/h1-10H,11H2. The average molecular weight is 420 g/mol. The van der Waals surface area contributed by atoms with Crippen LogP contribution in [0.5, 0.6) is 0 Å². The van der Waals surface area contributed by atoms with Crippen LogP contribution in [0.1, 0.15) is 11.3 Å². The van der Waals surface area contributed by atoms with Crippen molar-refractivity contribution in [3.05, 3.63) is 81.2 Å². The molecule has 4 rings (SSSR count). The minimum atomic E-state index is -0.292. The van der Waals surface area contributed by atoms with Crippen molar-refractivity contribution >= 4 is 45.7 Å². The smallest absolute Gasteiger partial charge is 0.194 e. The molecular formula is C19H12Cl2FN3OS. The van der Waals surface area contributed by atoms with Crippen molar-refractivity contribution in [3.8, 4) is 11.3 Å². The number of oxime groups is 1. The molecule has 2 aromatic carbocycles. The van der Waals surface area contributed by atoms with E-state index in [4.69, 9.17) is 28.0 Å². The lowest BCUT2D eigenvalue weighted by Crippen LogP contribution is -1.93. The van der Waals surface area contributed by atoms with Gasteiger partial charge in [-0.05, 0) is 42.0 Å². The van der Waals surface area contributed by atoms with Crippen LogP contribution in [0.25, 0.3) is 16.2 Å². The van der Waals surface area contributed by atoms with Crippen LogP contribution in [0.15, 0.2) is 59.2 Å². The number of halogens is 3. The summed E-state index contributed by atoms with van der Waals surface area (Å²) in [5.74, 6) is -0.292. The number of aromatic nitrogens is 2. The van der Waals surface area contributed by atoms with Gasteiger partial charge in [0.2, 0.25) is 0 Å². The largest absolute Gasteiger partial charge is 0.391 e. The van der Waals surface area contributed by atoms with Crippen LogP contribution in [-0.2, 0) is 11.4 Å². The number of hydrogen-bond acceptors (Lipinski definition) is 4. The molecule has 136 valence electrons. The van der Waals surface area contributed by atoms with E-state index in [9.17, 15) is 4.39 Å². The first-order chi connectivity index (χ1) is 13.1. The highest BCUT2D eigenvalue weighted by molar-refractivity contribution is 7.15. The number of hydrogen-bond donors (Lipinski definition) is 0. The summed E-state index contributed by atoms with van der Waals surface area (Å²) in [4.78, 5) is 10.8. The summed E-state index contributed by atoms with van der Waals surface area (Å²) in [7, 11) is 0. The number of imidazole rings is 1. The molecule has 0 fully saturated rings.